The first-order valence-corrected chi connectivity index (χ1v) is 10.1. The van der Waals surface area contributed by atoms with E-state index >= 15 is 0 Å². The second-order valence-corrected chi connectivity index (χ2v) is 7.46. The molecule has 1 aromatic rings. The monoisotopic (exact) mass is 363 g/mol. The first-order valence-electron chi connectivity index (χ1n) is 7.58. The Balaban J connectivity index is 2.74. The fourth-order valence-corrected chi connectivity index (χ4v) is 2.54. The summed E-state index contributed by atoms with van der Waals surface area (Å²) in [5.41, 5.74) is 0.648. The predicted molar refractivity (Wildman–Crippen MR) is 90.2 cm³/mol. The maximum Gasteiger partial charge on any atom is 0.476 e. The van der Waals surface area contributed by atoms with Crippen molar-refractivity contribution in [3.05, 3.63) is 30.3 Å². The van der Waals surface area contributed by atoms with E-state index in [0.717, 1.165) is 25.7 Å². The molecule has 0 bridgehead atoms. The summed E-state index contributed by atoms with van der Waals surface area (Å²) in [6.07, 6.45) is 4.12. The number of carbonyl (C=O) groups is 1. The molecule has 1 unspecified atom stereocenters. The van der Waals surface area contributed by atoms with Crippen LogP contribution in [0.1, 0.15) is 39.5 Å². The first-order chi connectivity index (χ1) is 10.8. The van der Waals surface area contributed by atoms with Crippen molar-refractivity contribution in [3.63, 3.8) is 0 Å². The lowest BCUT2D eigenvalue weighted by Gasteiger charge is -2.28. The zero-order valence-corrected chi connectivity index (χ0v) is 15.0. The molecular formula is C15H23ClNO5P. The summed E-state index contributed by atoms with van der Waals surface area (Å²) in [7, 11) is 0. The number of benzene rings is 1. The number of carbonyl (C=O) groups excluding carboxylic acids is 1. The third-order valence-corrected chi connectivity index (χ3v) is 3.75. The van der Waals surface area contributed by atoms with Crippen molar-refractivity contribution in [1.82, 2.24) is 0 Å². The number of anilines is 1. The summed E-state index contributed by atoms with van der Waals surface area (Å²) in [5, 5.41) is 1.38. The Morgan fingerprint density at radius 1 is 1.30 bits per heavy atom. The predicted octanol–water partition coefficient (Wildman–Crippen LogP) is 4.28. The Kier molecular flexibility index (Phi) is 8.63. The van der Waals surface area contributed by atoms with Gasteiger partial charge in [0.05, 0.1) is 12.3 Å². The molecule has 0 fully saturated rings. The molecule has 0 saturated heterocycles. The maximum atomic E-state index is 11.9. The second kappa shape index (κ2) is 9.93. The standard InChI is InChI=1S/C15H23ClNO5P/c1-3-4-5-9-12-21-17(14-10-7-6-8-11-14)13(2)15(18)22-23(16,19)20/h6-8,10-11,13H,3-5,9,12H2,1-2H3,(H,19,20)/t13-/m0/s1. The zero-order valence-electron chi connectivity index (χ0n) is 13.4. The van der Waals surface area contributed by atoms with E-state index < -0.39 is 19.0 Å². The van der Waals surface area contributed by atoms with E-state index in [4.69, 9.17) is 21.0 Å². The highest BCUT2D eigenvalue weighted by Gasteiger charge is 2.30. The van der Waals surface area contributed by atoms with Crippen LogP contribution >= 0.6 is 18.2 Å². The lowest BCUT2D eigenvalue weighted by molar-refractivity contribution is -0.137. The minimum absolute atomic E-state index is 0.435. The lowest BCUT2D eigenvalue weighted by Crippen LogP contribution is -2.40. The molecule has 0 heterocycles. The van der Waals surface area contributed by atoms with Crippen LogP contribution in [0.4, 0.5) is 5.69 Å². The highest BCUT2D eigenvalue weighted by Crippen LogP contribution is 2.48. The van der Waals surface area contributed by atoms with E-state index in [1.165, 1.54) is 12.0 Å². The van der Waals surface area contributed by atoms with Gasteiger partial charge < -0.3 is 9.42 Å². The van der Waals surface area contributed by atoms with Crippen LogP contribution in [-0.2, 0) is 18.7 Å². The second-order valence-electron chi connectivity index (χ2n) is 5.09. The molecular weight excluding hydrogens is 341 g/mol. The molecule has 8 heteroatoms. The number of hydrogen-bond acceptors (Lipinski definition) is 5. The fourth-order valence-electron chi connectivity index (χ4n) is 1.96. The number of unbranched alkanes of at least 4 members (excludes halogenated alkanes) is 3. The van der Waals surface area contributed by atoms with Gasteiger partial charge in [0.25, 0.3) is 0 Å². The molecule has 1 N–H and O–H groups in total. The van der Waals surface area contributed by atoms with Crippen LogP contribution in [0.5, 0.6) is 0 Å². The number of nitrogens with zero attached hydrogens (tertiary/aromatic N) is 1. The molecule has 6 nitrogen and oxygen atoms in total. The molecule has 0 aromatic heterocycles. The largest absolute Gasteiger partial charge is 0.476 e. The molecule has 2 atom stereocenters. The number of hydroxylamine groups is 1. The normalized spacial score (nSPS) is 14.8. The van der Waals surface area contributed by atoms with Gasteiger partial charge in [-0.05, 0) is 25.5 Å². The Bertz CT molecular complexity index is 522. The van der Waals surface area contributed by atoms with Crippen molar-refractivity contribution in [2.24, 2.45) is 0 Å². The highest BCUT2D eigenvalue weighted by atomic mass is 35.7. The van der Waals surface area contributed by atoms with E-state index in [0.29, 0.717) is 12.3 Å². The van der Waals surface area contributed by atoms with Gasteiger partial charge in [-0.3, -0.25) is 4.84 Å². The SMILES string of the molecule is CCCCCCON(c1ccccc1)[C@@H](C)C(=O)OP(=O)(O)Cl. The van der Waals surface area contributed by atoms with Crippen LogP contribution in [-0.4, -0.2) is 23.5 Å². The van der Waals surface area contributed by atoms with Gasteiger partial charge in [0.15, 0.2) is 6.04 Å². The summed E-state index contributed by atoms with van der Waals surface area (Å²) in [6, 6.07) is 8.08. The fraction of sp³-hybridized carbons (Fsp3) is 0.533. The number of rotatable bonds is 10. The van der Waals surface area contributed by atoms with Gasteiger partial charge in [0.1, 0.15) is 0 Å². The van der Waals surface area contributed by atoms with E-state index in [2.05, 4.69) is 11.4 Å². The summed E-state index contributed by atoms with van der Waals surface area (Å²) in [6.45, 7) is -0.331. The third-order valence-electron chi connectivity index (χ3n) is 3.13. The molecule has 0 spiro atoms. The van der Waals surface area contributed by atoms with Crippen LogP contribution in [0.25, 0.3) is 0 Å². The van der Waals surface area contributed by atoms with Crippen LogP contribution in [0.2, 0.25) is 0 Å². The Hall–Kier alpha value is -1.07. The van der Waals surface area contributed by atoms with E-state index in [-0.39, 0.29) is 0 Å². The average molecular weight is 364 g/mol. The molecule has 1 rings (SSSR count). The minimum Gasteiger partial charge on any atom is -0.379 e. The molecule has 0 radical (unpaired) electrons. The van der Waals surface area contributed by atoms with E-state index in [1.54, 1.807) is 24.3 Å². The summed E-state index contributed by atoms with van der Waals surface area (Å²) >= 11 is 5.09. The molecule has 0 saturated carbocycles. The molecule has 1 aromatic carbocycles. The number of halogens is 1. The van der Waals surface area contributed by atoms with Crippen molar-refractivity contribution in [2.45, 2.75) is 45.6 Å². The smallest absolute Gasteiger partial charge is 0.379 e. The molecule has 0 aliphatic heterocycles. The Morgan fingerprint density at radius 2 is 1.96 bits per heavy atom. The highest BCUT2D eigenvalue weighted by molar-refractivity contribution is 7.80. The summed E-state index contributed by atoms with van der Waals surface area (Å²) in [5.74, 6) is -0.928. The van der Waals surface area contributed by atoms with Crippen molar-refractivity contribution in [3.8, 4) is 0 Å². The van der Waals surface area contributed by atoms with Crippen LogP contribution in [0, 0.1) is 0 Å². The first kappa shape index (κ1) is 20.0. The topological polar surface area (TPSA) is 76.1 Å². The molecule has 23 heavy (non-hydrogen) atoms. The molecule has 0 aliphatic rings. The lowest BCUT2D eigenvalue weighted by atomic mass is 10.2. The molecule has 0 amide bonds. The van der Waals surface area contributed by atoms with Crippen LogP contribution in [0.15, 0.2) is 30.3 Å². The zero-order chi connectivity index (χ0) is 17.3. The van der Waals surface area contributed by atoms with Crippen LogP contribution < -0.4 is 5.06 Å². The van der Waals surface area contributed by atoms with E-state index in [9.17, 15) is 9.36 Å². The maximum absolute atomic E-state index is 11.9. The van der Waals surface area contributed by atoms with Gasteiger partial charge in [0, 0.05) is 11.2 Å². The quantitative estimate of drug-likeness (QED) is 0.380. The molecule has 130 valence electrons. The molecule has 0 aliphatic carbocycles. The number of para-hydroxylation sites is 1. The summed E-state index contributed by atoms with van der Waals surface area (Å²) < 4.78 is 15.4. The average Bonchev–Trinajstić information content (AvgIpc) is 2.49. The van der Waals surface area contributed by atoms with Gasteiger partial charge in [-0.1, -0.05) is 44.4 Å². The van der Waals surface area contributed by atoms with E-state index in [1.807, 2.05) is 6.07 Å². The number of hydrogen-bond donors (Lipinski definition) is 1. The third kappa shape index (κ3) is 7.84. The van der Waals surface area contributed by atoms with Crippen molar-refractivity contribution >= 4 is 29.8 Å². The minimum atomic E-state index is -4.41. The van der Waals surface area contributed by atoms with Gasteiger partial charge in [-0.2, -0.15) is 0 Å². The Morgan fingerprint density at radius 3 is 2.52 bits per heavy atom. The Labute approximate surface area is 141 Å². The van der Waals surface area contributed by atoms with Gasteiger partial charge in [0.2, 0.25) is 0 Å². The van der Waals surface area contributed by atoms with Crippen molar-refractivity contribution in [2.75, 3.05) is 11.7 Å². The van der Waals surface area contributed by atoms with Gasteiger partial charge in [-0.25, -0.2) is 14.4 Å². The van der Waals surface area contributed by atoms with Gasteiger partial charge >= 0.3 is 12.9 Å². The van der Waals surface area contributed by atoms with Gasteiger partial charge in [-0.15, -0.1) is 0 Å². The summed E-state index contributed by atoms with van der Waals surface area (Å²) in [4.78, 5) is 26.6. The van der Waals surface area contributed by atoms with Crippen molar-refractivity contribution in [1.29, 1.82) is 0 Å². The van der Waals surface area contributed by atoms with Crippen LogP contribution in [0.3, 0.4) is 0 Å². The van der Waals surface area contributed by atoms with Crippen molar-refractivity contribution < 1.29 is 23.6 Å².